The Kier molecular flexibility index (Phi) is 5.90. The maximum Gasteiger partial charge on any atom is 0.223 e. The molecule has 13 heavy (non-hydrogen) atoms. The first-order valence-corrected chi connectivity index (χ1v) is 4.41. The average Bonchev–Trinajstić information content (AvgIpc) is 2.11. The molecule has 4 heteroatoms. The molecule has 1 amide bonds. The number of hydrogen-bond donors (Lipinski definition) is 0. The lowest BCUT2D eigenvalue weighted by atomic mass is 10.3. The van der Waals surface area contributed by atoms with Gasteiger partial charge in [-0.15, -0.1) is 0 Å². The molecule has 0 radical (unpaired) electrons. The zero-order valence-electron chi connectivity index (χ0n) is 8.58. The van der Waals surface area contributed by atoms with Crippen molar-refractivity contribution in [3.8, 4) is 6.07 Å². The molecule has 0 unspecified atom stereocenters. The summed E-state index contributed by atoms with van der Waals surface area (Å²) in [5.74, 6) is 0.108. The summed E-state index contributed by atoms with van der Waals surface area (Å²) < 4.78 is 0. The van der Waals surface area contributed by atoms with E-state index in [1.165, 1.54) is 0 Å². The third-order valence-electron chi connectivity index (χ3n) is 1.88. The van der Waals surface area contributed by atoms with E-state index in [1.54, 1.807) is 19.0 Å². The topological polar surface area (TPSA) is 47.3 Å². The third-order valence-corrected chi connectivity index (χ3v) is 1.88. The Morgan fingerprint density at radius 2 is 2.08 bits per heavy atom. The first-order chi connectivity index (χ1) is 6.11. The second-order valence-electron chi connectivity index (χ2n) is 3.07. The Morgan fingerprint density at radius 3 is 2.46 bits per heavy atom. The zero-order valence-corrected chi connectivity index (χ0v) is 8.58. The van der Waals surface area contributed by atoms with E-state index in [4.69, 9.17) is 5.26 Å². The molecule has 0 heterocycles. The predicted octanol–water partition coefficient (Wildman–Crippen LogP) is 0.310. The first-order valence-electron chi connectivity index (χ1n) is 4.41. The molecule has 0 fully saturated rings. The summed E-state index contributed by atoms with van der Waals surface area (Å²) in [5.41, 5.74) is 0. The van der Waals surface area contributed by atoms with Gasteiger partial charge in [-0.3, -0.25) is 9.69 Å². The minimum atomic E-state index is 0.108. The van der Waals surface area contributed by atoms with Crippen molar-refractivity contribution in [1.29, 1.82) is 5.26 Å². The number of hydrogen-bond acceptors (Lipinski definition) is 3. The Bertz CT molecular complexity index is 196. The van der Waals surface area contributed by atoms with Gasteiger partial charge in [-0.1, -0.05) is 6.92 Å². The van der Waals surface area contributed by atoms with Crippen molar-refractivity contribution < 1.29 is 4.79 Å². The average molecular weight is 183 g/mol. The van der Waals surface area contributed by atoms with Crippen LogP contribution in [0, 0.1) is 11.3 Å². The molecule has 0 aliphatic carbocycles. The smallest absolute Gasteiger partial charge is 0.223 e. The number of carbonyl (C=O) groups is 1. The zero-order chi connectivity index (χ0) is 10.3. The molecule has 0 saturated carbocycles. The highest BCUT2D eigenvalue weighted by molar-refractivity contribution is 5.75. The fourth-order valence-corrected chi connectivity index (χ4v) is 0.926. The van der Waals surface area contributed by atoms with E-state index in [0.717, 1.165) is 6.54 Å². The van der Waals surface area contributed by atoms with Gasteiger partial charge in [0.15, 0.2) is 0 Å². The molecule has 0 saturated heterocycles. The summed E-state index contributed by atoms with van der Waals surface area (Å²) in [6.45, 7) is 3.87. The van der Waals surface area contributed by atoms with Gasteiger partial charge in [0.25, 0.3) is 0 Å². The molecule has 0 aromatic heterocycles. The molecule has 0 aromatic carbocycles. The van der Waals surface area contributed by atoms with E-state index in [0.29, 0.717) is 19.5 Å². The Morgan fingerprint density at radius 1 is 1.46 bits per heavy atom. The predicted molar refractivity (Wildman–Crippen MR) is 51.0 cm³/mol. The molecule has 0 spiro atoms. The highest BCUT2D eigenvalue weighted by Gasteiger charge is 2.07. The summed E-state index contributed by atoms with van der Waals surface area (Å²) in [6, 6.07) is 2.07. The van der Waals surface area contributed by atoms with Crippen LogP contribution >= 0.6 is 0 Å². The number of nitrogens with zero attached hydrogens (tertiary/aromatic N) is 3. The van der Waals surface area contributed by atoms with Gasteiger partial charge < -0.3 is 4.90 Å². The van der Waals surface area contributed by atoms with Crippen LogP contribution in [0.3, 0.4) is 0 Å². The minimum absolute atomic E-state index is 0.108. The second-order valence-corrected chi connectivity index (χ2v) is 3.07. The molecule has 0 bridgehead atoms. The van der Waals surface area contributed by atoms with Crippen LogP contribution in [0.5, 0.6) is 0 Å². The molecule has 0 rings (SSSR count). The van der Waals surface area contributed by atoms with Crippen LogP contribution in [-0.2, 0) is 4.79 Å². The molecule has 0 aliphatic rings. The molecule has 74 valence electrons. The molecule has 4 nitrogen and oxygen atoms in total. The molecule has 0 aliphatic heterocycles. The van der Waals surface area contributed by atoms with Crippen molar-refractivity contribution in [2.24, 2.45) is 0 Å². The molecule has 0 atom stereocenters. The van der Waals surface area contributed by atoms with E-state index in [1.807, 2.05) is 11.8 Å². The number of carbonyl (C=O) groups excluding carboxylic acids is 1. The van der Waals surface area contributed by atoms with Crippen molar-refractivity contribution in [2.45, 2.75) is 13.3 Å². The van der Waals surface area contributed by atoms with Gasteiger partial charge in [-0.2, -0.15) is 5.26 Å². The molecular weight excluding hydrogens is 166 g/mol. The van der Waals surface area contributed by atoms with Crippen molar-refractivity contribution in [2.75, 3.05) is 33.7 Å². The lowest BCUT2D eigenvalue weighted by molar-refractivity contribution is -0.128. The van der Waals surface area contributed by atoms with Crippen LogP contribution in [0.15, 0.2) is 0 Å². The van der Waals surface area contributed by atoms with Gasteiger partial charge in [-0.25, -0.2) is 0 Å². The van der Waals surface area contributed by atoms with Crippen LogP contribution in [0.4, 0.5) is 0 Å². The van der Waals surface area contributed by atoms with Crippen molar-refractivity contribution in [3.63, 3.8) is 0 Å². The van der Waals surface area contributed by atoms with Gasteiger partial charge in [0.2, 0.25) is 5.91 Å². The van der Waals surface area contributed by atoms with Gasteiger partial charge in [0, 0.05) is 27.1 Å². The molecule has 0 N–H and O–H groups in total. The maximum absolute atomic E-state index is 11.2. The van der Waals surface area contributed by atoms with E-state index in [2.05, 4.69) is 6.07 Å². The Labute approximate surface area is 79.7 Å². The summed E-state index contributed by atoms with van der Waals surface area (Å²) in [6.07, 6.45) is 0.489. The largest absolute Gasteiger partial charge is 0.349 e. The highest BCUT2D eigenvalue weighted by atomic mass is 16.2. The van der Waals surface area contributed by atoms with Crippen LogP contribution in [0.1, 0.15) is 13.3 Å². The normalized spacial score (nSPS) is 9.77. The van der Waals surface area contributed by atoms with Gasteiger partial charge >= 0.3 is 0 Å². The van der Waals surface area contributed by atoms with Crippen LogP contribution in [0.2, 0.25) is 0 Å². The quantitative estimate of drug-likeness (QED) is 0.576. The van der Waals surface area contributed by atoms with Crippen LogP contribution < -0.4 is 0 Å². The SMILES string of the molecule is CCN(CC#N)CCC(=O)N(C)C. The van der Waals surface area contributed by atoms with E-state index in [-0.39, 0.29) is 5.91 Å². The molecule has 0 aromatic rings. The number of nitriles is 1. The summed E-state index contributed by atoms with van der Waals surface area (Å²) in [4.78, 5) is 14.7. The monoisotopic (exact) mass is 183 g/mol. The van der Waals surface area contributed by atoms with Gasteiger partial charge in [0.1, 0.15) is 0 Å². The summed E-state index contributed by atoms with van der Waals surface area (Å²) in [7, 11) is 3.48. The van der Waals surface area contributed by atoms with Crippen molar-refractivity contribution in [1.82, 2.24) is 9.80 Å². The first kappa shape index (κ1) is 11.9. The van der Waals surface area contributed by atoms with Gasteiger partial charge in [-0.05, 0) is 6.54 Å². The van der Waals surface area contributed by atoms with E-state index < -0.39 is 0 Å². The number of amides is 1. The minimum Gasteiger partial charge on any atom is -0.349 e. The van der Waals surface area contributed by atoms with Crippen molar-refractivity contribution in [3.05, 3.63) is 0 Å². The standard InChI is InChI=1S/C9H17N3O/c1-4-12(8-6-10)7-5-9(13)11(2)3/h4-5,7-8H2,1-3H3. The summed E-state index contributed by atoms with van der Waals surface area (Å²) in [5, 5.41) is 8.46. The van der Waals surface area contributed by atoms with Crippen LogP contribution in [0.25, 0.3) is 0 Å². The van der Waals surface area contributed by atoms with Crippen molar-refractivity contribution >= 4 is 5.91 Å². The Balaban J connectivity index is 3.73. The van der Waals surface area contributed by atoms with Crippen LogP contribution in [-0.4, -0.2) is 49.4 Å². The van der Waals surface area contributed by atoms with E-state index >= 15 is 0 Å². The lowest BCUT2D eigenvalue weighted by Gasteiger charge is -2.17. The fourth-order valence-electron chi connectivity index (χ4n) is 0.926. The lowest BCUT2D eigenvalue weighted by Crippen LogP contribution is -2.30. The summed E-state index contributed by atoms with van der Waals surface area (Å²) >= 11 is 0. The maximum atomic E-state index is 11.2. The fraction of sp³-hybridized carbons (Fsp3) is 0.778. The Hall–Kier alpha value is -1.08. The third kappa shape index (κ3) is 5.21. The second kappa shape index (κ2) is 6.44. The highest BCUT2D eigenvalue weighted by Crippen LogP contribution is 1.93. The van der Waals surface area contributed by atoms with Gasteiger partial charge in [0.05, 0.1) is 12.6 Å². The van der Waals surface area contributed by atoms with E-state index in [9.17, 15) is 4.79 Å². The molecular formula is C9H17N3O. The number of rotatable bonds is 5.